The van der Waals surface area contributed by atoms with Gasteiger partial charge >= 0.3 is 0 Å². The van der Waals surface area contributed by atoms with Crippen molar-refractivity contribution in [1.29, 1.82) is 0 Å². The Hall–Kier alpha value is -1.88. The van der Waals surface area contributed by atoms with Crippen molar-refractivity contribution in [3.63, 3.8) is 0 Å². The van der Waals surface area contributed by atoms with Crippen molar-refractivity contribution < 1.29 is 9.63 Å². The molecule has 0 bridgehead atoms. The van der Waals surface area contributed by atoms with E-state index in [0.717, 1.165) is 19.4 Å². The van der Waals surface area contributed by atoms with E-state index < -0.39 is 0 Å². The van der Waals surface area contributed by atoms with E-state index >= 15 is 0 Å². The van der Waals surface area contributed by atoms with Crippen LogP contribution in [0.4, 0.5) is 0 Å². The van der Waals surface area contributed by atoms with Gasteiger partial charge in [-0.15, -0.1) is 0 Å². The van der Waals surface area contributed by atoms with Gasteiger partial charge < -0.3 is 14.9 Å². The zero-order chi connectivity index (χ0) is 12.8. The topological polar surface area (TPSA) is 71.2 Å². The first-order valence-corrected chi connectivity index (χ1v) is 6.07. The van der Waals surface area contributed by atoms with Crippen LogP contribution in [0.1, 0.15) is 30.8 Å². The molecule has 1 atom stereocenters. The second-order valence-electron chi connectivity index (χ2n) is 4.10. The number of aromatic nitrogens is 2. The third-order valence-electron chi connectivity index (χ3n) is 2.85. The molecule has 1 aromatic heterocycles. The third kappa shape index (κ3) is 3.30. The van der Waals surface area contributed by atoms with Gasteiger partial charge in [-0.25, -0.2) is 0 Å². The second kappa shape index (κ2) is 6.16. The van der Waals surface area contributed by atoms with Gasteiger partial charge in [-0.1, -0.05) is 24.2 Å². The molecule has 2 rings (SSSR count). The molecule has 0 saturated heterocycles. The van der Waals surface area contributed by atoms with E-state index in [4.69, 9.17) is 0 Å². The van der Waals surface area contributed by atoms with Crippen molar-refractivity contribution in [3.05, 3.63) is 42.0 Å². The number of phenols is 1. The van der Waals surface area contributed by atoms with Gasteiger partial charge in [0.15, 0.2) is 5.82 Å². The lowest BCUT2D eigenvalue weighted by Crippen LogP contribution is -2.23. The number of nitrogens with zero attached hydrogens (tertiary/aromatic N) is 2. The minimum absolute atomic E-state index is 0.275. The number of nitrogens with one attached hydrogen (secondary N) is 1. The zero-order valence-corrected chi connectivity index (χ0v) is 10.3. The monoisotopic (exact) mass is 247 g/mol. The van der Waals surface area contributed by atoms with E-state index in [-0.39, 0.29) is 6.04 Å². The number of benzene rings is 1. The first kappa shape index (κ1) is 12.6. The van der Waals surface area contributed by atoms with Gasteiger partial charge in [0.25, 0.3) is 0 Å². The van der Waals surface area contributed by atoms with Crippen LogP contribution in [0.2, 0.25) is 0 Å². The third-order valence-corrected chi connectivity index (χ3v) is 2.85. The fourth-order valence-corrected chi connectivity index (χ4v) is 1.87. The molecule has 2 aromatic rings. The molecular formula is C13H17N3O2. The molecule has 0 amide bonds. The van der Waals surface area contributed by atoms with Crippen LogP contribution in [0.5, 0.6) is 5.75 Å². The summed E-state index contributed by atoms with van der Waals surface area (Å²) in [5.74, 6) is 1.00. The van der Waals surface area contributed by atoms with Crippen LogP contribution in [-0.2, 0) is 6.42 Å². The molecule has 18 heavy (non-hydrogen) atoms. The molecule has 1 heterocycles. The summed E-state index contributed by atoms with van der Waals surface area (Å²) < 4.78 is 4.68. The van der Waals surface area contributed by atoms with E-state index in [9.17, 15) is 5.11 Å². The lowest BCUT2D eigenvalue weighted by molar-refractivity contribution is 0.408. The fourth-order valence-electron chi connectivity index (χ4n) is 1.87. The highest BCUT2D eigenvalue weighted by Gasteiger charge is 2.08. The highest BCUT2D eigenvalue weighted by Crippen LogP contribution is 2.19. The number of phenolic OH excluding ortho intramolecular Hbond substituents is 1. The van der Waals surface area contributed by atoms with Crippen LogP contribution in [0.3, 0.4) is 0 Å². The van der Waals surface area contributed by atoms with Gasteiger partial charge in [0.2, 0.25) is 6.39 Å². The first-order chi connectivity index (χ1) is 8.79. The van der Waals surface area contributed by atoms with Crippen molar-refractivity contribution in [2.75, 3.05) is 6.54 Å². The number of hydrogen-bond donors (Lipinski definition) is 2. The van der Waals surface area contributed by atoms with Gasteiger partial charge in [0.1, 0.15) is 5.75 Å². The van der Waals surface area contributed by atoms with Crippen LogP contribution in [0.15, 0.2) is 35.2 Å². The zero-order valence-electron chi connectivity index (χ0n) is 10.3. The Bertz CT molecular complexity index is 454. The summed E-state index contributed by atoms with van der Waals surface area (Å²) in [4.78, 5) is 3.97. The van der Waals surface area contributed by atoms with Gasteiger partial charge in [-0.2, -0.15) is 4.98 Å². The van der Waals surface area contributed by atoms with Crippen molar-refractivity contribution in [2.24, 2.45) is 0 Å². The first-order valence-electron chi connectivity index (χ1n) is 6.07. The smallest absolute Gasteiger partial charge is 0.213 e. The van der Waals surface area contributed by atoms with Crippen LogP contribution in [0.25, 0.3) is 0 Å². The molecule has 2 N–H and O–H groups in total. The summed E-state index contributed by atoms with van der Waals surface area (Å²) in [6.07, 6.45) is 3.06. The predicted octanol–water partition coefficient (Wildman–Crippen LogP) is 2.06. The summed E-state index contributed by atoms with van der Waals surface area (Å²) in [5, 5.41) is 16.5. The molecule has 0 spiro atoms. The Morgan fingerprint density at radius 1 is 1.33 bits per heavy atom. The molecule has 1 unspecified atom stereocenters. The van der Waals surface area contributed by atoms with Gasteiger partial charge in [0, 0.05) is 19.0 Å². The normalized spacial score (nSPS) is 12.5. The summed E-state index contributed by atoms with van der Waals surface area (Å²) in [6.45, 7) is 2.91. The van der Waals surface area contributed by atoms with Crippen molar-refractivity contribution in [3.8, 4) is 5.75 Å². The summed E-state index contributed by atoms with van der Waals surface area (Å²) in [7, 11) is 0. The van der Waals surface area contributed by atoms with E-state index in [1.54, 1.807) is 12.1 Å². The Kier molecular flexibility index (Phi) is 4.30. The molecule has 5 nitrogen and oxygen atoms in total. The minimum atomic E-state index is 0.275. The predicted molar refractivity (Wildman–Crippen MR) is 67.1 cm³/mol. The molecule has 96 valence electrons. The SMILES string of the molecule is CCC(NCCc1ncon1)c1ccc(O)cc1. The average molecular weight is 247 g/mol. The number of rotatable bonds is 6. The molecule has 0 aliphatic carbocycles. The highest BCUT2D eigenvalue weighted by molar-refractivity contribution is 5.27. The molecule has 0 aliphatic rings. The quantitative estimate of drug-likeness (QED) is 0.817. The Labute approximate surface area is 106 Å². The molecule has 0 saturated carbocycles. The van der Waals surface area contributed by atoms with Crippen molar-refractivity contribution >= 4 is 0 Å². The van der Waals surface area contributed by atoms with E-state index in [1.165, 1.54) is 12.0 Å². The lowest BCUT2D eigenvalue weighted by Gasteiger charge is -2.16. The van der Waals surface area contributed by atoms with Crippen LogP contribution in [-0.4, -0.2) is 21.8 Å². The molecule has 0 aliphatic heterocycles. The molecule has 0 fully saturated rings. The maximum atomic E-state index is 9.26. The molecule has 0 radical (unpaired) electrons. The summed E-state index contributed by atoms with van der Waals surface area (Å²) in [5.41, 5.74) is 1.17. The van der Waals surface area contributed by atoms with E-state index in [0.29, 0.717) is 11.6 Å². The molecule has 5 heteroatoms. The largest absolute Gasteiger partial charge is 0.508 e. The standard InChI is InChI=1S/C13H17N3O2/c1-2-12(10-3-5-11(17)6-4-10)14-8-7-13-15-9-18-16-13/h3-6,9,12,14,17H,2,7-8H2,1H3. The summed E-state index contributed by atoms with van der Waals surface area (Å²) >= 11 is 0. The summed E-state index contributed by atoms with van der Waals surface area (Å²) in [6, 6.07) is 7.56. The van der Waals surface area contributed by atoms with Crippen LogP contribution >= 0.6 is 0 Å². The van der Waals surface area contributed by atoms with E-state index in [2.05, 4.69) is 26.9 Å². The Morgan fingerprint density at radius 2 is 2.11 bits per heavy atom. The maximum absolute atomic E-state index is 9.26. The van der Waals surface area contributed by atoms with Gasteiger partial charge in [-0.05, 0) is 24.1 Å². The maximum Gasteiger partial charge on any atom is 0.213 e. The lowest BCUT2D eigenvalue weighted by atomic mass is 10.0. The highest BCUT2D eigenvalue weighted by atomic mass is 16.5. The van der Waals surface area contributed by atoms with Gasteiger partial charge in [0.05, 0.1) is 0 Å². The second-order valence-corrected chi connectivity index (χ2v) is 4.10. The van der Waals surface area contributed by atoms with Gasteiger partial charge in [-0.3, -0.25) is 0 Å². The molecular weight excluding hydrogens is 230 g/mol. The van der Waals surface area contributed by atoms with Crippen molar-refractivity contribution in [1.82, 2.24) is 15.5 Å². The molecule has 1 aromatic carbocycles. The average Bonchev–Trinajstić information content (AvgIpc) is 2.89. The van der Waals surface area contributed by atoms with Crippen LogP contribution < -0.4 is 5.32 Å². The fraction of sp³-hybridized carbons (Fsp3) is 0.385. The number of aromatic hydroxyl groups is 1. The van der Waals surface area contributed by atoms with Crippen molar-refractivity contribution in [2.45, 2.75) is 25.8 Å². The number of hydrogen-bond acceptors (Lipinski definition) is 5. The Balaban J connectivity index is 1.87. The minimum Gasteiger partial charge on any atom is -0.508 e. The van der Waals surface area contributed by atoms with E-state index in [1.807, 2.05) is 12.1 Å². The Morgan fingerprint density at radius 3 is 2.72 bits per heavy atom. The van der Waals surface area contributed by atoms with Crippen LogP contribution in [0, 0.1) is 0 Å².